The lowest BCUT2D eigenvalue weighted by Crippen LogP contribution is -2.30. The second-order valence-corrected chi connectivity index (χ2v) is 6.75. The maximum Gasteiger partial charge on any atom is 0.225 e. The first kappa shape index (κ1) is 20.5. The van der Waals surface area contributed by atoms with Crippen molar-refractivity contribution >= 4 is 17.5 Å². The van der Waals surface area contributed by atoms with Crippen LogP contribution in [0, 0.1) is 23.4 Å². The van der Waals surface area contributed by atoms with Gasteiger partial charge in [0.05, 0.1) is 18.3 Å². The molecule has 3 rings (SSSR count). The molecule has 29 heavy (non-hydrogen) atoms. The first-order valence-corrected chi connectivity index (χ1v) is 8.96. The van der Waals surface area contributed by atoms with E-state index in [9.17, 15) is 18.3 Å². The van der Waals surface area contributed by atoms with Gasteiger partial charge < -0.3 is 15.7 Å². The van der Waals surface area contributed by atoms with Crippen molar-refractivity contribution in [1.82, 2.24) is 15.0 Å². The highest BCUT2D eigenvalue weighted by Gasteiger charge is 2.17. The molecule has 0 amide bonds. The van der Waals surface area contributed by atoms with Crippen molar-refractivity contribution in [3.8, 4) is 11.3 Å². The van der Waals surface area contributed by atoms with Gasteiger partial charge in [-0.3, -0.25) is 4.98 Å². The zero-order valence-electron chi connectivity index (χ0n) is 15.8. The lowest BCUT2D eigenvalue weighted by molar-refractivity contribution is 0.248. The summed E-state index contributed by atoms with van der Waals surface area (Å²) in [6.07, 6.45) is 3.19. The molecular weight excluding hydrogens is 383 g/mol. The third-order valence-electron chi connectivity index (χ3n) is 4.26. The maximum absolute atomic E-state index is 14.0. The van der Waals surface area contributed by atoms with E-state index in [0.717, 1.165) is 0 Å². The summed E-state index contributed by atoms with van der Waals surface area (Å²) in [5.41, 5.74) is 0.573. The Labute approximate surface area is 165 Å². The van der Waals surface area contributed by atoms with Crippen molar-refractivity contribution in [3.63, 3.8) is 0 Å². The third-order valence-corrected chi connectivity index (χ3v) is 4.26. The van der Waals surface area contributed by atoms with Gasteiger partial charge in [0.25, 0.3) is 0 Å². The number of hydrogen-bond donors (Lipinski definition) is 3. The fourth-order valence-corrected chi connectivity index (χ4v) is 2.62. The van der Waals surface area contributed by atoms with Gasteiger partial charge in [-0.25, -0.2) is 18.2 Å². The number of aliphatic hydroxyl groups is 1. The fourth-order valence-electron chi connectivity index (χ4n) is 2.62. The molecule has 2 heterocycles. The summed E-state index contributed by atoms with van der Waals surface area (Å²) >= 11 is 0. The van der Waals surface area contributed by atoms with Gasteiger partial charge >= 0.3 is 0 Å². The van der Waals surface area contributed by atoms with E-state index in [4.69, 9.17) is 0 Å². The van der Waals surface area contributed by atoms with Crippen molar-refractivity contribution in [1.29, 1.82) is 0 Å². The molecule has 3 N–H and O–H groups in total. The van der Waals surface area contributed by atoms with Crippen molar-refractivity contribution in [2.45, 2.75) is 19.9 Å². The quantitative estimate of drug-likeness (QED) is 0.550. The van der Waals surface area contributed by atoms with E-state index < -0.39 is 23.1 Å². The lowest BCUT2D eigenvalue weighted by atomic mass is 10.1. The molecule has 1 atom stereocenters. The lowest BCUT2D eigenvalue weighted by Gasteiger charge is -2.20. The molecular formula is C20H20F3N5O. The SMILES string of the molecule is CC(C)[C@@H](CO)Nc1nc(Nc2c(F)cc(F)cc2F)cc(-c2cccnc2)n1. The van der Waals surface area contributed by atoms with Crippen LogP contribution in [0.3, 0.4) is 0 Å². The standard InChI is InChI=1S/C20H20F3N5O/c1-11(2)17(10-29)26-20-25-16(12-4-3-5-24-9-12)8-18(28-20)27-19-14(22)6-13(21)7-15(19)23/h3-9,11,17,29H,10H2,1-2H3,(H2,25,26,27,28)/t17-/m1/s1. The largest absolute Gasteiger partial charge is 0.394 e. The molecule has 1 aromatic carbocycles. The minimum atomic E-state index is -1.09. The predicted molar refractivity (Wildman–Crippen MR) is 104 cm³/mol. The van der Waals surface area contributed by atoms with Gasteiger partial charge in [-0.2, -0.15) is 4.98 Å². The van der Waals surface area contributed by atoms with E-state index in [1.54, 1.807) is 24.5 Å². The van der Waals surface area contributed by atoms with Crippen LogP contribution < -0.4 is 10.6 Å². The average Bonchev–Trinajstić information content (AvgIpc) is 2.69. The van der Waals surface area contributed by atoms with E-state index >= 15 is 0 Å². The minimum absolute atomic E-state index is 0.0778. The number of rotatable bonds is 7. The predicted octanol–water partition coefficient (Wildman–Crippen LogP) is 4.13. The number of aliphatic hydroxyl groups excluding tert-OH is 1. The number of pyridine rings is 1. The Hall–Kier alpha value is -3.20. The van der Waals surface area contributed by atoms with Crippen LogP contribution in [0.2, 0.25) is 0 Å². The van der Waals surface area contributed by atoms with E-state index in [1.165, 1.54) is 6.07 Å². The van der Waals surface area contributed by atoms with Gasteiger partial charge in [-0.05, 0) is 18.1 Å². The number of aromatic nitrogens is 3. The Morgan fingerprint density at radius 3 is 2.38 bits per heavy atom. The number of nitrogens with one attached hydrogen (secondary N) is 2. The molecule has 0 unspecified atom stereocenters. The van der Waals surface area contributed by atoms with Gasteiger partial charge in [0, 0.05) is 36.2 Å². The van der Waals surface area contributed by atoms with Gasteiger partial charge in [-0.1, -0.05) is 13.8 Å². The summed E-state index contributed by atoms with van der Waals surface area (Å²) in [6.45, 7) is 3.69. The highest BCUT2D eigenvalue weighted by atomic mass is 19.1. The normalized spacial score (nSPS) is 12.1. The zero-order valence-corrected chi connectivity index (χ0v) is 15.8. The molecule has 6 nitrogen and oxygen atoms in total. The zero-order chi connectivity index (χ0) is 21.0. The first-order valence-electron chi connectivity index (χ1n) is 8.96. The van der Waals surface area contributed by atoms with Crippen molar-refractivity contribution in [3.05, 3.63) is 60.2 Å². The van der Waals surface area contributed by atoms with E-state index in [0.29, 0.717) is 23.4 Å². The van der Waals surface area contributed by atoms with Crippen LogP contribution in [0.15, 0.2) is 42.7 Å². The highest BCUT2D eigenvalue weighted by Crippen LogP contribution is 2.27. The van der Waals surface area contributed by atoms with Crippen LogP contribution in [0.4, 0.5) is 30.6 Å². The Kier molecular flexibility index (Phi) is 6.28. The van der Waals surface area contributed by atoms with Crippen LogP contribution >= 0.6 is 0 Å². The smallest absolute Gasteiger partial charge is 0.225 e. The van der Waals surface area contributed by atoms with Crippen LogP contribution in [0.5, 0.6) is 0 Å². The van der Waals surface area contributed by atoms with Crippen LogP contribution in [0.1, 0.15) is 13.8 Å². The minimum Gasteiger partial charge on any atom is -0.394 e. The van der Waals surface area contributed by atoms with Crippen LogP contribution in [-0.2, 0) is 0 Å². The second-order valence-electron chi connectivity index (χ2n) is 6.75. The number of benzene rings is 1. The molecule has 0 spiro atoms. The summed E-state index contributed by atoms with van der Waals surface area (Å²) in [7, 11) is 0. The number of halogens is 3. The van der Waals surface area contributed by atoms with Crippen LogP contribution in [-0.4, -0.2) is 32.7 Å². The number of nitrogens with zero attached hydrogens (tertiary/aromatic N) is 3. The first-order chi connectivity index (χ1) is 13.9. The number of anilines is 3. The molecule has 0 saturated heterocycles. The van der Waals surface area contributed by atoms with Gasteiger partial charge in [0.15, 0.2) is 11.6 Å². The molecule has 152 valence electrons. The van der Waals surface area contributed by atoms with E-state index in [2.05, 4.69) is 25.6 Å². The average molecular weight is 403 g/mol. The molecule has 2 aromatic heterocycles. The molecule has 3 aromatic rings. The summed E-state index contributed by atoms with van der Waals surface area (Å²) < 4.78 is 41.3. The van der Waals surface area contributed by atoms with Crippen molar-refractivity contribution < 1.29 is 18.3 Å². The van der Waals surface area contributed by atoms with Gasteiger partial charge in [0.1, 0.15) is 17.3 Å². The Balaban J connectivity index is 2.03. The molecule has 0 aliphatic carbocycles. The number of hydrogen-bond acceptors (Lipinski definition) is 6. The topological polar surface area (TPSA) is 83.0 Å². The molecule has 0 saturated carbocycles. The molecule has 0 radical (unpaired) electrons. The van der Waals surface area contributed by atoms with Crippen molar-refractivity contribution in [2.75, 3.05) is 17.2 Å². The Morgan fingerprint density at radius 1 is 1.07 bits per heavy atom. The third kappa shape index (κ3) is 5.00. The molecule has 0 bridgehead atoms. The molecule has 9 heteroatoms. The molecule has 0 aliphatic heterocycles. The summed E-state index contributed by atoms with van der Waals surface area (Å²) in [5, 5.41) is 15.1. The monoisotopic (exact) mass is 403 g/mol. The maximum atomic E-state index is 14.0. The highest BCUT2D eigenvalue weighted by molar-refractivity contribution is 5.67. The summed E-state index contributed by atoms with van der Waals surface area (Å²) in [5.74, 6) is -2.87. The summed E-state index contributed by atoms with van der Waals surface area (Å²) in [4.78, 5) is 12.7. The van der Waals surface area contributed by atoms with Gasteiger partial charge in [-0.15, -0.1) is 0 Å². The van der Waals surface area contributed by atoms with Crippen molar-refractivity contribution in [2.24, 2.45) is 5.92 Å². The Bertz CT molecular complexity index is 962. The summed E-state index contributed by atoms with van der Waals surface area (Å²) in [6, 6.07) is 5.82. The van der Waals surface area contributed by atoms with Gasteiger partial charge in [0.2, 0.25) is 5.95 Å². The Morgan fingerprint density at radius 2 is 1.79 bits per heavy atom. The molecule has 0 fully saturated rings. The van der Waals surface area contributed by atoms with E-state index in [-0.39, 0.29) is 30.3 Å². The molecule has 0 aliphatic rings. The second kappa shape index (κ2) is 8.87. The van der Waals surface area contributed by atoms with Crippen LogP contribution in [0.25, 0.3) is 11.3 Å². The van der Waals surface area contributed by atoms with E-state index in [1.807, 2.05) is 13.8 Å². The fraction of sp³-hybridized carbons (Fsp3) is 0.250.